The molecule has 0 aliphatic heterocycles. The van der Waals surface area contributed by atoms with Gasteiger partial charge in [0.05, 0.1) is 11.0 Å². The molecule has 0 N–H and O–H groups in total. The molecule has 4 heteroatoms. The zero-order valence-electron chi connectivity index (χ0n) is 24.3. The number of rotatable bonds is 4. The van der Waals surface area contributed by atoms with E-state index in [1.807, 2.05) is 60.7 Å². The van der Waals surface area contributed by atoms with E-state index in [4.69, 9.17) is 15.0 Å². The van der Waals surface area contributed by atoms with Crippen LogP contribution in [0.15, 0.2) is 158 Å². The molecule has 0 aliphatic rings. The van der Waals surface area contributed by atoms with Crippen LogP contribution in [0.25, 0.3) is 83.2 Å². The van der Waals surface area contributed by atoms with Crippen molar-refractivity contribution in [2.75, 3.05) is 0 Å². The van der Waals surface area contributed by atoms with Crippen molar-refractivity contribution >= 4 is 43.4 Å². The third kappa shape index (κ3) is 4.19. The van der Waals surface area contributed by atoms with Crippen molar-refractivity contribution in [3.05, 3.63) is 158 Å². The molecule has 0 bridgehead atoms. The van der Waals surface area contributed by atoms with E-state index in [0.29, 0.717) is 17.6 Å². The summed E-state index contributed by atoms with van der Waals surface area (Å²) < 4.78 is 2.18. The lowest BCUT2D eigenvalue weighted by Crippen LogP contribution is -2.06. The van der Waals surface area contributed by atoms with Crippen LogP contribution < -0.4 is 0 Å². The van der Waals surface area contributed by atoms with Gasteiger partial charge < -0.3 is 0 Å². The molecular weight excluding hydrogens is 548 g/mol. The van der Waals surface area contributed by atoms with E-state index in [9.17, 15) is 0 Å². The summed E-state index contributed by atoms with van der Waals surface area (Å²) in [6.07, 6.45) is 0. The summed E-state index contributed by atoms with van der Waals surface area (Å²) in [5.74, 6) is 1.89. The molecule has 2 aromatic heterocycles. The summed E-state index contributed by atoms with van der Waals surface area (Å²) in [6, 6.07) is 55.1. The second-order valence-corrected chi connectivity index (χ2v) is 11.3. The first kappa shape index (κ1) is 25.4. The van der Waals surface area contributed by atoms with Crippen LogP contribution in [-0.4, -0.2) is 19.5 Å². The van der Waals surface area contributed by atoms with Crippen LogP contribution in [0.4, 0.5) is 0 Å². The Morgan fingerprint density at radius 2 is 1.02 bits per heavy atom. The van der Waals surface area contributed by atoms with Gasteiger partial charge >= 0.3 is 0 Å². The van der Waals surface area contributed by atoms with Crippen LogP contribution in [0.5, 0.6) is 0 Å². The van der Waals surface area contributed by atoms with Gasteiger partial charge in [-0.25, -0.2) is 4.98 Å². The number of nitrogens with zero attached hydrogens (tertiary/aromatic N) is 4. The second-order valence-electron chi connectivity index (χ2n) is 11.3. The predicted octanol–water partition coefficient (Wildman–Crippen LogP) is 10.3. The highest BCUT2D eigenvalue weighted by molar-refractivity contribution is 6.21. The van der Waals surface area contributed by atoms with Gasteiger partial charge in [0, 0.05) is 21.9 Å². The third-order valence-corrected chi connectivity index (χ3v) is 8.64. The predicted molar refractivity (Wildman–Crippen MR) is 185 cm³/mol. The van der Waals surface area contributed by atoms with Gasteiger partial charge in [0.2, 0.25) is 5.95 Å². The average Bonchev–Trinajstić information content (AvgIpc) is 3.46. The highest BCUT2D eigenvalue weighted by Crippen LogP contribution is 2.39. The Morgan fingerprint density at radius 3 is 1.78 bits per heavy atom. The maximum atomic E-state index is 5.08. The maximum absolute atomic E-state index is 5.08. The Balaban J connectivity index is 1.30. The van der Waals surface area contributed by atoms with Crippen LogP contribution in [0.2, 0.25) is 0 Å². The smallest absolute Gasteiger partial charge is 0.238 e. The first-order valence-electron chi connectivity index (χ1n) is 15.1. The Labute approximate surface area is 259 Å². The van der Waals surface area contributed by atoms with Crippen LogP contribution in [0.1, 0.15) is 0 Å². The van der Waals surface area contributed by atoms with Crippen LogP contribution >= 0.6 is 0 Å². The van der Waals surface area contributed by atoms with Gasteiger partial charge in [0.1, 0.15) is 0 Å². The molecule has 9 rings (SSSR count). The van der Waals surface area contributed by atoms with E-state index in [-0.39, 0.29) is 0 Å². The topological polar surface area (TPSA) is 43.6 Å². The monoisotopic (exact) mass is 574 g/mol. The first-order chi connectivity index (χ1) is 22.3. The molecule has 0 saturated heterocycles. The molecule has 0 fully saturated rings. The van der Waals surface area contributed by atoms with E-state index in [1.165, 1.54) is 43.4 Å². The van der Waals surface area contributed by atoms with Gasteiger partial charge in [-0.1, -0.05) is 140 Å². The van der Waals surface area contributed by atoms with E-state index in [2.05, 4.69) is 102 Å². The third-order valence-electron chi connectivity index (χ3n) is 8.64. The molecular formula is C41H26N4. The molecule has 0 saturated carbocycles. The fraction of sp³-hybridized carbons (Fsp3) is 0. The molecule has 0 aliphatic carbocycles. The van der Waals surface area contributed by atoms with Crippen molar-refractivity contribution in [3.63, 3.8) is 0 Å². The van der Waals surface area contributed by atoms with Crippen molar-refractivity contribution < 1.29 is 0 Å². The summed E-state index contributed by atoms with van der Waals surface area (Å²) in [4.78, 5) is 15.1. The minimum Gasteiger partial charge on any atom is -0.278 e. The van der Waals surface area contributed by atoms with Gasteiger partial charge in [0.25, 0.3) is 0 Å². The second kappa shape index (κ2) is 10.2. The summed E-state index contributed by atoms with van der Waals surface area (Å²) in [5.41, 5.74) is 6.47. The lowest BCUT2D eigenvalue weighted by atomic mass is 9.95. The SMILES string of the molecule is c1ccc(-c2nc(-c3ccccc3)nc(-n3c4ccccc4c4c5ccc(-c6cccc7ccccc67)cc5ccc43)n2)cc1. The normalized spacial score (nSPS) is 11.6. The molecule has 0 amide bonds. The molecule has 0 radical (unpaired) electrons. The lowest BCUT2D eigenvalue weighted by Gasteiger charge is -2.11. The molecule has 4 nitrogen and oxygen atoms in total. The van der Waals surface area contributed by atoms with E-state index in [1.54, 1.807) is 0 Å². The van der Waals surface area contributed by atoms with Crippen molar-refractivity contribution in [1.29, 1.82) is 0 Å². The summed E-state index contributed by atoms with van der Waals surface area (Å²) in [5, 5.41) is 7.26. The summed E-state index contributed by atoms with van der Waals surface area (Å²) in [7, 11) is 0. The molecule has 9 aromatic rings. The molecule has 45 heavy (non-hydrogen) atoms. The van der Waals surface area contributed by atoms with Gasteiger partial charge in [-0.05, 0) is 50.9 Å². The van der Waals surface area contributed by atoms with Crippen molar-refractivity contribution in [1.82, 2.24) is 19.5 Å². The number of hydrogen-bond acceptors (Lipinski definition) is 3. The Bertz CT molecular complexity index is 2470. The van der Waals surface area contributed by atoms with Crippen molar-refractivity contribution in [3.8, 4) is 39.9 Å². The largest absolute Gasteiger partial charge is 0.278 e. The molecule has 2 heterocycles. The molecule has 0 atom stereocenters. The van der Waals surface area contributed by atoms with Crippen LogP contribution in [-0.2, 0) is 0 Å². The zero-order valence-corrected chi connectivity index (χ0v) is 24.3. The molecule has 210 valence electrons. The zero-order chi connectivity index (χ0) is 29.7. The standard InChI is InChI=1S/C41H26N4/c1-3-13-28(14-4-1)39-42-40(29-15-5-2-6-16-29)44-41(43-39)45-36-21-10-9-19-35(36)38-34-24-22-30(26-31(34)23-25-37(38)45)33-20-11-17-27-12-7-8-18-32(27)33/h1-26H. The van der Waals surface area contributed by atoms with Crippen molar-refractivity contribution in [2.24, 2.45) is 0 Å². The van der Waals surface area contributed by atoms with Crippen LogP contribution in [0.3, 0.4) is 0 Å². The van der Waals surface area contributed by atoms with E-state index < -0.39 is 0 Å². The Hall–Kier alpha value is -6.13. The van der Waals surface area contributed by atoms with Gasteiger partial charge in [-0.15, -0.1) is 0 Å². The number of benzene rings is 7. The number of aromatic nitrogens is 4. The quantitative estimate of drug-likeness (QED) is 0.210. The summed E-state index contributed by atoms with van der Waals surface area (Å²) in [6.45, 7) is 0. The van der Waals surface area contributed by atoms with E-state index in [0.717, 1.165) is 22.2 Å². The fourth-order valence-corrected chi connectivity index (χ4v) is 6.56. The van der Waals surface area contributed by atoms with Gasteiger partial charge in [-0.2, -0.15) is 9.97 Å². The van der Waals surface area contributed by atoms with Crippen molar-refractivity contribution in [2.45, 2.75) is 0 Å². The Kier molecular flexibility index (Phi) is 5.78. The number of fused-ring (bicyclic) bond motifs is 6. The van der Waals surface area contributed by atoms with Gasteiger partial charge in [-0.3, -0.25) is 4.57 Å². The number of hydrogen-bond donors (Lipinski definition) is 0. The highest BCUT2D eigenvalue weighted by Gasteiger charge is 2.19. The summed E-state index contributed by atoms with van der Waals surface area (Å²) >= 11 is 0. The minimum atomic E-state index is 0.598. The minimum absolute atomic E-state index is 0.598. The average molecular weight is 575 g/mol. The Morgan fingerprint density at radius 1 is 0.378 bits per heavy atom. The highest BCUT2D eigenvalue weighted by atomic mass is 15.2. The van der Waals surface area contributed by atoms with Crippen LogP contribution in [0, 0.1) is 0 Å². The molecule has 0 unspecified atom stereocenters. The van der Waals surface area contributed by atoms with E-state index >= 15 is 0 Å². The lowest BCUT2D eigenvalue weighted by molar-refractivity contribution is 0.953. The fourth-order valence-electron chi connectivity index (χ4n) is 6.56. The number of para-hydroxylation sites is 1. The maximum Gasteiger partial charge on any atom is 0.238 e. The first-order valence-corrected chi connectivity index (χ1v) is 15.1. The molecule has 0 spiro atoms. The molecule has 7 aromatic carbocycles. The van der Waals surface area contributed by atoms with Gasteiger partial charge in [0.15, 0.2) is 11.6 Å².